The Labute approximate surface area is 99.1 Å². The first-order valence-corrected chi connectivity index (χ1v) is 5.87. The molecule has 0 radical (unpaired) electrons. The third-order valence-electron chi connectivity index (χ3n) is 2.42. The van der Waals surface area contributed by atoms with E-state index in [1.165, 1.54) is 0 Å². The predicted molar refractivity (Wildman–Crippen MR) is 60.4 cm³/mol. The summed E-state index contributed by atoms with van der Waals surface area (Å²) in [5, 5.41) is 0. The van der Waals surface area contributed by atoms with Crippen LogP contribution in [0.4, 0.5) is 0 Å². The van der Waals surface area contributed by atoms with Gasteiger partial charge >= 0.3 is 0 Å². The average molecular weight is 247 g/mol. The Morgan fingerprint density at radius 2 is 2.00 bits per heavy atom. The van der Waals surface area contributed by atoms with Gasteiger partial charge in [0.25, 0.3) is 0 Å². The molecule has 1 aromatic carbocycles. The molecule has 0 saturated carbocycles. The van der Waals surface area contributed by atoms with Gasteiger partial charge in [0.2, 0.25) is 5.79 Å². The summed E-state index contributed by atoms with van der Waals surface area (Å²) in [4.78, 5) is 0. The van der Waals surface area contributed by atoms with Gasteiger partial charge in [-0.25, -0.2) is 0 Å². The van der Waals surface area contributed by atoms with E-state index in [0.717, 1.165) is 5.56 Å². The lowest BCUT2D eigenvalue weighted by molar-refractivity contribution is -0.156. The Morgan fingerprint density at radius 1 is 1.27 bits per heavy atom. The standard InChI is InChI=1S/C11H12Cl2O2/c12-6-10-7-14-11(8-13,15-10)9-4-2-1-3-5-9/h1-5,10H,6-8H2/t10-,11?/m1/s1. The Balaban J connectivity index is 2.24. The molecule has 4 heteroatoms. The van der Waals surface area contributed by atoms with E-state index in [1.807, 2.05) is 30.3 Å². The number of hydrogen-bond donors (Lipinski definition) is 0. The zero-order valence-electron chi connectivity index (χ0n) is 8.16. The first kappa shape index (κ1) is 11.2. The van der Waals surface area contributed by atoms with Gasteiger partial charge in [0.05, 0.1) is 24.5 Å². The minimum Gasteiger partial charge on any atom is -0.342 e. The summed E-state index contributed by atoms with van der Waals surface area (Å²) < 4.78 is 11.4. The second-order valence-electron chi connectivity index (χ2n) is 3.46. The SMILES string of the molecule is ClC[C@@H]1COC(CCl)(c2ccccc2)O1. The quantitative estimate of drug-likeness (QED) is 0.764. The maximum atomic E-state index is 5.93. The van der Waals surface area contributed by atoms with Crippen LogP contribution < -0.4 is 0 Å². The molecule has 0 bridgehead atoms. The van der Waals surface area contributed by atoms with Crippen molar-refractivity contribution in [1.29, 1.82) is 0 Å². The van der Waals surface area contributed by atoms with Crippen molar-refractivity contribution < 1.29 is 9.47 Å². The maximum absolute atomic E-state index is 5.93. The monoisotopic (exact) mass is 246 g/mol. The topological polar surface area (TPSA) is 18.5 Å². The van der Waals surface area contributed by atoms with Crippen LogP contribution in [0.25, 0.3) is 0 Å². The van der Waals surface area contributed by atoms with Crippen LogP contribution in [0.5, 0.6) is 0 Å². The van der Waals surface area contributed by atoms with E-state index in [-0.39, 0.29) is 12.0 Å². The van der Waals surface area contributed by atoms with E-state index < -0.39 is 5.79 Å². The van der Waals surface area contributed by atoms with Crippen molar-refractivity contribution in [2.75, 3.05) is 18.4 Å². The van der Waals surface area contributed by atoms with Crippen molar-refractivity contribution >= 4 is 23.2 Å². The molecule has 0 aliphatic carbocycles. The lowest BCUT2D eigenvalue weighted by atomic mass is 10.1. The minimum atomic E-state index is -0.817. The molecule has 1 aliphatic rings. The van der Waals surface area contributed by atoms with Crippen molar-refractivity contribution in [3.05, 3.63) is 35.9 Å². The highest BCUT2D eigenvalue weighted by Crippen LogP contribution is 2.35. The molecule has 1 fully saturated rings. The molecule has 0 aromatic heterocycles. The van der Waals surface area contributed by atoms with E-state index in [4.69, 9.17) is 32.7 Å². The lowest BCUT2D eigenvalue weighted by Crippen LogP contribution is -2.30. The van der Waals surface area contributed by atoms with Gasteiger partial charge < -0.3 is 9.47 Å². The molecule has 2 rings (SSSR count). The molecule has 2 nitrogen and oxygen atoms in total. The van der Waals surface area contributed by atoms with Gasteiger partial charge in [-0.15, -0.1) is 23.2 Å². The third kappa shape index (κ3) is 2.13. The molecule has 1 aliphatic heterocycles. The van der Waals surface area contributed by atoms with Crippen LogP contribution in [0.2, 0.25) is 0 Å². The normalized spacial score (nSPS) is 30.7. The van der Waals surface area contributed by atoms with Crippen LogP contribution in [-0.2, 0) is 15.3 Å². The number of halogens is 2. The van der Waals surface area contributed by atoms with Gasteiger partial charge in [-0.3, -0.25) is 0 Å². The van der Waals surface area contributed by atoms with Crippen LogP contribution >= 0.6 is 23.2 Å². The Hall–Kier alpha value is -0.280. The molecule has 1 heterocycles. The second-order valence-corrected chi connectivity index (χ2v) is 4.03. The average Bonchev–Trinajstić information content (AvgIpc) is 2.75. The van der Waals surface area contributed by atoms with Gasteiger partial charge in [-0.1, -0.05) is 30.3 Å². The lowest BCUT2D eigenvalue weighted by Gasteiger charge is -2.25. The van der Waals surface area contributed by atoms with Crippen molar-refractivity contribution in [1.82, 2.24) is 0 Å². The minimum absolute atomic E-state index is 0.0781. The molecule has 0 amide bonds. The largest absolute Gasteiger partial charge is 0.342 e. The molecule has 1 unspecified atom stereocenters. The summed E-state index contributed by atoms with van der Waals surface area (Å²) in [6.45, 7) is 0.491. The molecule has 1 saturated heterocycles. The molecular weight excluding hydrogens is 235 g/mol. The number of ether oxygens (including phenoxy) is 2. The van der Waals surface area contributed by atoms with Gasteiger partial charge in [0.15, 0.2) is 0 Å². The number of benzene rings is 1. The fraction of sp³-hybridized carbons (Fsp3) is 0.455. The first-order chi connectivity index (χ1) is 7.30. The maximum Gasteiger partial charge on any atom is 0.209 e. The fourth-order valence-corrected chi connectivity index (χ4v) is 2.08. The summed E-state index contributed by atoms with van der Waals surface area (Å²) in [5.74, 6) is -0.127. The summed E-state index contributed by atoms with van der Waals surface area (Å²) in [6.07, 6.45) is -0.0781. The molecule has 15 heavy (non-hydrogen) atoms. The molecular formula is C11H12Cl2O2. The van der Waals surface area contributed by atoms with Gasteiger partial charge in [-0.2, -0.15) is 0 Å². The highest BCUT2D eigenvalue weighted by molar-refractivity contribution is 6.18. The van der Waals surface area contributed by atoms with Crippen molar-refractivity contribution in [2.45, 2.75) is 11.9 Å². The third-order valence-corrected chi connectivity index (χ3v) is 3.12. The highest BCUT2D eigenvalue weighted by atomic mass is 35.5. The molecule has 0 spiro atoms. The van der Waals surface area contributed by atoms with E-state index in [2.05, 4.69) is 0 Å². The predicted octanol–water partition coefficient (Wildman–Crippen LogP) is 2.73. The van der Waals surface area contributed by atoms with Crippen LogP contribution in [0, 0.1) is 0 Å². The van der Waals surface area contributed by atoms with Gasteiger partial charge in [0.1, 0.15) is 0 Å². The zero-order valence-corrected chi connectivity index (χ0v) is 9.67. The fourth-order valence-electron chi connectivity index (χ4n) is 1.63. The van der Waals surface area contributed by atoms with Crippen LogP contribution in [-0.4, -0.2) is 24.5 Å². The molecule has 1 aromatic rings. The smallest absolute Gasteiger partial charge is 0.209 e. The summed E-state index contributed by atoms with van der Waals surface area (Å²) in [7, 11) is 0. The van der Waals surface area contributed by atoms with Crippen molar-refractivity contribution in [2.24, 2.45) is 0 Å². The van der Waals surface area contributed by atoms with Crippen LogP contribution in [0.15, 0.2) is 30.3 Å². The molecule has 0 N–H and O–H groups in total. The Morgan fingerprint density at radius 3 is 2.53 bits per heavy atom. The van der Waals surface area contributed by atoms with Crippen molar-refractivity contribution in [3.8, 4) is 0 Å². The molecule has 2 atom stereocenters. The zero-order chi connectivity index (χ0) is 10.7. The van der Waals surface area contributed by atoms with Crippen LogP contribution in [0.3, 0.4) is 0 Å². The summed E-state index contributed by atoms with van der Waals surface area (Å²) in [5.41, 5.74) is 0.938. The van der Waals surface area contributed by atoms with E-state index in [1.54, 1.807) is 0 Å². The first-order valence-electron chi connectivity index (χ1n) is 4.80. The number of rotatable bonds is 3. The van der Waals surface area contributed by atoms with Crippen LogP contribution in [0.1, 0.15) is 5.56 Å². The van der Waals surface area contributed by atoms with E-state index >= 15 is 0 Å². The summed E-state index contributed by atoms with van der Waals surface area (Å²) >= 11 is 11.7. The Kier molecular flexibility index (Phi) is 3.52. The Bertz CT molecular complexity index is 318. The van der Waals surface area contributed by atoms with E-state index in [0.29, 0.717) is 12.5 Å². The van der Waals surface area contributed by atoms with Gasteiger partial charge in [0, 0.05) is 5.56 Å². The summed E-state index contributed by atoms with van der Waals surface area (Å²) in [6, 6.07) is 9.70. The van der Waals surface area contributed by atoms with Gasteiger partial charge in [-0.05, 0) is 0 Å². The number of alkyl halides is 2. The molecule has 82 valence electrons. The van der Waals surface area contributed by atoms with E-state index in [9.17, 15) is 0 Å². The highest BCUT2D eigenvalue weighted by Gasteiger charge is 2.42. The number of hydrogen-bond acceptors (Lipinski definition) is 2. The second kappa shape index (κ2) is 4.71. The van der Waals surface area contributed by atoms with Crippen molar-refractivity contribution in [3.63, 3.8) is 0 Å².